The molecule has 1 aromatic heterocycles. The second-order valence-electron chi connectivity index (χ2n) is 17.0. The quantitative estimate of drug-likeness (QED) is 0.316. The summed E-state index contributed by atoms with van der Waals surface area (Å²) in [6.07, 6.45) is 7.78. The van der Waals surface area contributed by atoms with Gasteiger partial charge in [0.2, 0.25) is 27.7 Å². The van der Waals surface area contributed by atoms with Gasteiger partial charge in [-0.25, -0.2) is 18.2 Å². The van der Waals surface area contributed by atoms with Crippen LogP contribution < -0.4 is 24.8 Å². The van der Waals surface area contributed by atoms with E-state index in [4.69, 9.17) is 14.2 Å². The number of sulfonamides is 1. The number of rotatable bonds is 8. The molecule has 6 rings (SSSR count). The molecule has 3 fully saturated rings. The van der Waals surface area contributed by atoms with Crippen molar-refractivity contribution in [2.75, 3.05) is 13.7 Å². The van der Waals surface area contributed by atoms with Crippen LogP contribution >= 0.6 is 0 Å². The molecule has 2 aromatic rings. The SMILES string of the molecule is CC[C@@H]1C[C@H](C)CCC=C[C@@H]2C[C@@]2(C(=O)NS(=O)(=O)C2(C)CC2)NC(=O)[C@@H]2C[C@@H](Oc3nccc4cc(OC)ccc34)CN2C(=O)[C@H]1NC(=O)OC(C)(C)C. The Balaban J connectivity index is 1.36. The highest BCUT2D eigenvalue weighted by molar-refractivity contribution is 7.91. The van der Waals surface area contributed by atoms with E-state index in [9.17, 15) is 27.6 Å². The number of methoxy groups -OCH3 is 1. The number of nitrogens with zero attached hydrogens (tertiary/aromatic N) is 2. The highest BCUT2D eigenvalue weighted by atomic mass is 32.2. The van der Waals surface area contributed by atoms with Crippen molar-refractivity contribution in [3.63, 3.8) is 0 Å². The molecule has 300 valence electrons. The third kappa shape index (κ3) is 8.71. The average molecular weight is 782 g/mol. The van der Waals surface area contributed by atoms with E-state index in [1.807, 2.05) is 37.3 Å². The van der Waals surface area contributed by atoms with Crippen molar-refractivity contribution in [1.82, 2.24) is 25.2 Å². The van der Waals surface area contributed by atoms with Gasteiger partial charge in [0.1, 0.15) is 35.1 Å². The van der Waals surface area contributed by atoms with Crippen LogP contribution in [0, 0.1) is 17.8 Å². The predicted molar refractivity (Wildman–Crippen MR) is 206 cm³/mol. The molecule has 55 heavy (non-hydrogen) atoms. The minimum absolute atomic E-state index is 0.0150. The maximum Gasteiger partial charge on any atom is 0.408 e. The van der Waals surface area contributed by atoms with Gasteiger partial charge in [-0.05, 0) is 108 Å². The molecule has 4 amide bonds. The van der Waals surface area contributed by atoms with Crippen molar-refractivity contribution in [3.05, 3.63) is 42.6 Å². The summed E-state index contributed by atoms with van der Waals surface area (Å²) >= 11 is 0. The second-order valence-corrected chi connectivity index (χ2v) is 19.2. The summed E-state index contributed by atoms with van der Waals surface area (Å²) in [7, 11) is -2.42. The fourth-order valence-electron chi connectivity index (χ4n) is 7.76. The van der Waals surface area contributed by atoms with Crippen molar-refractivity contribution >= 4 is 44.6 Å². The second kappa shape index (κ2) is 15.3. The van der Waals surface area contributed by atoms with Crippen LogP contribution in [0.15, 0.2) is 42.6 Å². The number of pyridine rings is 1. The van der Waals surface area contributed by atoms with Crippen LogP contribution in [0.5, 0.6) is 11.6 Å². The molecule has 3 heterocycles. The fraction of sp³-hybridized carbons (Fsp3) is 0.625. The van der Waals surface area contributed by atoms with Crippen LogP contribution in [-0.2, 0) is 29.1 Å². The van der Waals surface area contributed by atoms with Crippen LogP contribution in [0.4, 0.5) is 4.79 Å². The van der Waals surface area contributed by atoms with Gasteiger partial charge in [0, 0.05) is 23.9 Å². The van der Waals surface area contributed by atoms with Gasteiger partial charge in [-0.3, -0.25) is 19.1 Å². The molecule has 4 aliphatic rings. The Hall–Kier alpha value is -4.40. The van der Waals surface area contributed by atoms with E-state index in [1.165, 1.54) is 4.90 Å². The number of benzene rings is 1. The van der Waals surface area contributed by atoms with Gasteiger partial charge in [-0.1, -0.05) is 32.4 Å². The highest BCUT2D eigenvalue weighted by Crippen LogP contribution is 2.47. The number of carbonyl (C=O) groups excluding carboxylic acids is 4. The van der Waals surface area contributed by atoms with Gasteiger partial charge >= 0.3 is 6.09 Å². The molecule has 1 aromatic carbocycles. The zero-order valence-electron chi connectivity index (χ0n) is 32.8. The lowest BCUT2D eigenvalue weighted by Gasteiger charge is -2.34. The lowest BCUT2D eigenvalue weighted by molar-refractivity contribution is -0.142. The molecule has 3 N–H and O–H groups in total. The van der Waals surface area contributed by atoms with Crippen LogP contribution in [0.1, 0.15) is 92.9 Å². The first kappa shape index (κ1) is 40.3. The molecular weight excluding hydrogens is 727 g/mol. The van der Waals surface area contributed by atoms with E-state index in [0.717, 1.165) is 11.8 Å². The van der Waals surface area contributed by atoms with E-state index in [-0.39, 0.29) is 31.2 Å². The number of hydrogen-bond donors (Lipinski definition) is 3. The number of carbonyl (C=O) groups is 4. The molecule has 0 spiro atoms. The summed E-state index contributed by atoms with van der Waals surface area (Å²) in [6, 6.07) is 5.15. The third-order valence-electron chi connectivity index (χ3n) is 11.5. The first-order valence-electron chi connectivity index (χ1n) is 19.3. The standard InChI is InChI=1S/C40H55N5O9S/c1-8-25-19-24(2)11-9-10-12-27-22-40(27,36(48)44-55(50,51)39(6)16-17-39)43-33(46)31-21-29(23-45(31)35(47)32(25)42-37(49)54-38(3,4)5)53-34-30-14-13-28(52-7)20-26(30)15-18-41-34/h10,12-15,18,20,24-25,27,29,31-32H,8-9,11,16-17,19,21-23H2,1-7H3,(H,42,49)(H,43,46)(H,44,48)/t24-,25-,27-,29-,31+,32+,40-/m1/s1. The van der Waals surface area contributed by atoms with Crippen molar-refractivity contribution in [2.24, 2.45) is 17.8 Å². The summed E-state index contributed by atoms with van der Waals surface area (Å²) in [5.41, 5.74) is -2.35. The summed E-state index contributed by atoms with van der Waals surface area (Å²) in [6.45, 7) is 10.9. The minimum Gasteiger partial charge on any atom is -0.497 e. The number of aromatic nitrogens is 1. The molecule has 2 saturated carbocycles. The van der Waals surface area contributed by atoms with Crippen molar-refractivity contribution < 1.29 is 41.8 Å². The van der Waals surface area contributed by atoms with E-state index in [1.54, 1.807) is 47.1 Å². The van der Waals surface area contributed by atoms with Gasteiger partial charge in [-0.2, -0.15) is 0 Å². The van der Waals surface area contributed by atoms with Crippen molar-refractivity contribution in [1.29, 1.82) is 0 Å². The number of amides is 4. The van der Waals surface area contributed by atoms with Gasteiger partial charge in [0.05, 0.1) is 18.4 Å². The van der Waals surface area contributed by atoms with Crippen molar-refractivity contribution in [3.8, 4) is 11.6 Å². The molecule has 14 nitrogen and oxygen atoms in total. The zero-order chi connectivity index (χ0) is 39.9. The monoisotopic (exact) mass is 781 g/mol. The smallest absolute Gasteiger partial charge is 0.408 e. The summed E-state index contributed by atoms with van der Waals surface area (Å²) in [4.78, 5) is 62.6. The molecule has 2 aliphatic heterocycles. The summed E-state index contributed by atoms with van der Waals surface area (Å²) < 4.78 is 45.1. The Morgan fingerprint density at radius 3 is 2.55 bits per heavy atom. The predicted octanol–water partition coefficient (Wildman–Crippen LogP) is 4.76. The van der Waals surface area contributed by atoms with Crippen LogP contribution in [0.3, 0.4) is 0 Å². The number of ether oxygens (including phenoxy) is 3. The lowest BCUT2D eigenvalue weighted by atomic mass is 9.85. The summed E-state index contributed by atoms with van der Waals surface area (Å²) in [5, 5.41) is 7.31. The summed E-state index contributed by atoms with van der Waals surface area (Å²) in [5.74, 6) is -1.50. The van der Waals surface area contributed by atoms with E-state index in [0.29, 0.717) is 49.1 Å². The van der Waals surface area contributed by atoms with Gasteiger partial charge in [-0.15, -0.1) is 0 Å². The first-order valence-corrected chi connectivity index (χ1v) is 20.8. The van der Waals surface area contributed by atoms with Crippen LogP contribution in [0.25, 0.3) is 10.8 Å². The molecule has 0 unspecified atom stereocenters. The molecule has 1 saturated heterocycles. The molecule has 0 bridgehead atoms. The highest BCUT2D eigenvalue weighted by Gasteiger charge is 2.63. The Morgan fingerprint density at radius 2 is 1.87 bits per heavy atom. The molecule has 2 aliphatic carbocycles. The number of fused-ring (bicyclic) bond motifs is 3. The van der Waals surface area contributed by atoms with Gasteiger partial charge in [0.25, 0.3) is 5.91 Å². The first-order chi connectivity index (χ1) is 25.9. The Morgan fingerprint density at radius 1 is 1.13 bits per heavy atom. The molecule has 0 radical (unpaired) electrons. The molecular formula is C40H55N5O9S. The molecule has 7 atom stereocenters. The normalized spacial score (nSPS) is 29.5. The maximum atomic E-state index is 14.9. The zero-order valence-corrected chi connectivity index (χ0v) is 33.7. The van der Waals surface area contributed by atoms with E-state index in [2.05, 4.69) is 27.3 Å². The Kier molecular flexibility index (Phi) is 11.2. The van der Waals surface area contributed by atoms with Crippen LogP contribution in [0.2, 0.25) is 0 Å². The van der Waals surface area contributed by atoms with Gasteiger partial charge in [0.15, 0.2) is 0 Å². The number of alkyl carbamates (subject to hydrolysis) is 1. The third-order valence-corrected chi connectivity index (χ3v) is 13.7. The fourth-order valence-corrected chi connectivity index (χ4v) is 9.07. The Bertz CT molecular complexity index is 1960. The van der Waals surface area contributed by atoms with Gasteiger partial charge < -0.3 is 29.7 Å². The lowest BCUT2D eigenvalue weighted by Crippen LogP contribution is -2.59. The maximum absolute atomic E-state index is 14.9. The van der Waals surface area contributed by atoms with E-state index < -0.39 is 73.8 Å². The number of nitrogens with one attached hydrogen (secondary N) is 3. The topological polar surface area (TPSA) is 182 Å². The Labute approximate surface area is 323 Å². The van der Waals surface area contributed by atoms with E-state index >= 15 is 0 Å². The van der Waals surface area contributed by atoms with Crippen molar-refractivity contribution in [2.45, 2.75) is 127 Å². The number of allylic oxidation sites excluding steroid dienone is 1. The minimum atomic E-state index is -4.00. The largest absolute Gasteiger partial charge is 0.497 e. The average Bonchev–Trinajstić information content (AvgIpc) is 4.00. The molecule has 15 heteroatoms. The number of hydrogen-bond acceptors (Lipinski definition) is 10. The van der Waals surface area contributed by atoms with Crippen LogP contribution in [-0.4, -0.2) is 89.8 Å².